The van der Waals surface area contributed by atoms with Gasteiger partial charge >= 0.3 is 0 Å². The van der Waals surface area contributed by atoms with Crippen LogP contribution < -0.4 is 10.6 Å². The highest BCUT2D eigenvalue weighted by molar-refractivity contribution is 5.80. The van der Waals surface area contributed by atoms with Crippen LogP contribution in [0.3, 0.4) is 0 Å². The van der Waals surface area contributed by atoms with E-state index in [2.05, 4.69) is 49.8 Å². The molecule has 2 aliphatic rings. The highest BCUT2D eigenvalue weighted by Gasteiger charge is 2.31. The molecular formula is C22H29N5. The Hall–Kier alpha value is -2.40. The van der Waals surface area contributed by atoms with E-state index in [4.69, 9.17) is 0 Å². The SMILES string of the molecule is CN=C(NCc1cccc(-c2ccccn2)c1)NC1CCN(C2CC2)CC1. The van der Waals surface area contributed by atoms with Crippen LogP contribution in [0.4, 0.5) is 0 Å². The van der Waals surface area contributed by atoms with Crippen molar-refractivity contribution in [3.63, 3.8) is 0 Å². The average molecular weight is 364 g/mol. The van der Waals surface area contributed by atoms with Crippen molar-refractivity contribution in [3.05, 3.63) is 54.2 Å². The average Bonchev–Trinajstić information content (AvgIpc) is 3.58. The largest absolute Gasteiger partial charge is 0.354 e. The molecule has 142 valence electrons. The quantitative estimate of drug-likeness (QED) is 0.633. The molecule has 5 nitrogen and oxygen atoms in total. The number of aromatic nitrogens is 1. The monoisotopic (exact) mass is 363 g/mol. The molecule has 0 radical (unpaired) electrons. The highest BCUT2D eigenvalue weighted by Crippen LogP contribution is 2.29. The van der Waals surface area contributed by atoms with Gasteiger partial charge in [-0.15, -0.1) is 0 Å². The zero-order valence-electron chi connectivity index (χ0n) is 16.1. The summed E-state index contributed by atoms with van der Waals surface area (Å²) in [5.74, 6) is 0.892. The first kappa shape index (κ1) is 18.0. The summed E-state index contributed by atoms with van der Waals surface area (Å²) in [5.41, 5.74) is 3.37. The van der Waals surface area contributed by atoms with Crippen LogP contribution in [0, 0.1) is 0 Å². The third-order valence-electron chi connectivity index (χ3n) is 5.50. The van der Waals surface area contributed by atoms with E-state index in [1.807, 2.05) is 31.4 Å². The number of benzene rings is 1. The minimum Gasteiger partial charge on any atom is -0.354 e. The molecular weight excluding hydrogens is 334 g/mol. The van der Waals surface area contributed by atoms with E-state index in [1.165, 1.54) is 44.3 Å². The van der Waals surface area contributed by atoms with Crippen LogP contribution in [0.1, 0.15) is 31.2 Å². The fraction of sp³-hybridized carbons (Fsp3) is 0.455. The smallest absolute Gasteiger partial charge is 0.191 e. The van der Waals surface area contributed by atoms with Crippen LogP contribution in [0.15, 0.2) is 53.7 Å². The van der Waals surface area contributed by atoms with Gasteiger partial charge in [0.15, 0.2) is 5.96 Å². The number of rotatable bonds is 5. The van der Waals surface area contributed by atoms with Crippen LogP contribution in [0.5, 0.6) is 0 Å². The predicted octanol–water partition coefficient (Wildman–Crippen LogP) is 3.04. The first-order valence-corrected chi connectivity index (χ1v) is 10.0. The second-order valence-corrected chi connectivity index (χ2v) is 7.53. The first-order valence-electron chi connectivity index (χ1n) is 10.0. The third kappa shape index (κ3) is 4.86. The molecule has 1 aromatic heterocycles. The minimum atomic E-state index is 0.519. The molecule has 0 spiro atoms. The van der Waals surface area contributed by atoms with Gasteiger partial charge < -0.3 is 15.5 Å². The van der Waals surface area contributed by atoms with E-state index in [1.54, 1.807) is 0 Å². The Balaban J connectivity index is 1.29. The molecule has 0 amide bonds. The summed E-state index contributed by atoms with van der Waals surface area (Å²) in [5, 5.41) is 7.06. The molecule has 2 aromatic rings. The summed E-state index contributed by atoms with van der Waals surface area (Å²) in [6.45, 7) is 3.18. The lowest BCUT2D eigenvalue weighted by atomic mass is 10.1. The number of guanidine groups is 1. The lowest BCUT2D eigenvalue weighted by Crippen LogP contribution is -2.48. The zero-order chi connectivity index (χ0) is 18.5. The standard InChI is InChI=1S/C22H29N5/c1-23-22(26-19-10-13-27(14-11-19)20-8-9-20)25-16-17-5-4-6-18(15-17)21-7-2-3-12-24-21/h2-7,12,15,19-20H,8-11,13-14,16H2,1H3,(H2,23,25,26). The number of nitrogens with zero attached hydrogens (tertiary/aromatic N) is 3. The second kappa shape index (κ2) is 8.53. The van der Waals surface area contributed by atoms with Gasteiger partial charge in [-0.1, -0.05) is 24.3 Å². The Morgan fingerprint density at radius 1 is 1.11 bits per heavy atom. The fourth-order valence-corrected chi connectivity index (χ4v) is 3.80. The van der Waals surface area contributed by atoms with Crippen molar-refractivity contribution in [2.24, 2.45) is 4.99 Å². The lowest BCUT2D eigenvalue weighted by molar-refractivity contribution is 0.197. The number of aliphatic imine (C=N–C) groups is 1. The van der Waals surface area contributed by atoms with Crippen LogP contribution in [0.2, 0.25) is 0 Å². The molecule has 2 heterocycles. The van der Waals surface area contributed by atoms with Gasteiger partial charge in [-0.25, -0.2) is 0 Å². The Labute approximate surface area is 161 Å². The second-order valence-electron chi connectivity index (χ2n) is 7.53. The normalized spacial score (nSPS) is 19.1. The van der Waals surface area contributed by atoms with E-state index >= 15 is 0 Å². The molecule has 1 saturated carbocycles. The van der Waals surface area contributed by atoms with Crippen LogP contribution in [-0.2, 0) is 6.54 Å². The summed E-state index contributed by atoms with van der Waals surface area (Å²) in [6.07, 6.45) is 7.04. The Kier molecular flexibility index (Phi) is 5.68. The lowest BCUT2D eigenvalue weighted by Gasteiger charge is -2.33. The molecule has 1 saturated heterocycles. The van der Waals surface area contributed by atoms with Crippen LogP contribution >= 0.6 is 0 Å². The predicted molar refractivity (Wildman–Crippen MR) is 111 cm³/mol. The Morgan fingerprint density at radius 3 is 2.67 bits per heavy atom. The molecule has 0 bridgehead atoms. The summed E-state index contributed by atoms with van der Waals surface area (Å²) >= 11 is 0. The van der Waals surface area contributed by atoms with Gasteiger partial charge in [-0.3, -0.25) is 9.98 Å². The number of piperidine rings is 1. The number of nitrogens with one attached hydrogen (secondary N) is 2. The van der Waals surface area contributed by atoms with Crippen molar-refractivity contribution in [1.82, 2.24) is 20.5 Å². The molecule has 1 aliphatic heterocycles. The van der Waals surface area contributed by atoms with Crippen molar-refractivity contribution >= 4 is 5.96 Å². The Bertz CT molecular complexity index is 761. The van der Waals surface area contributed by atoms with Crippen LogP contribution in [0.25, 0.3) is 11.3 Å². The molecule has 4 rings (SSSR count). The molecule has 0 atom stereocenters. The van der Waals surface area contributed by atoms with E-state index in [9.17, 15) is 0 Å². The summed E-state index contributed by atoms with van der Waals surface area (Å²) < 4.78 is 0. The van der Waals surface area contributed by atoms with Crippen molar-refractivity contribution in [2.45, 2.75) is 44.3 Å². The number of hydrogen-bond acceptors (Lipinski definition) is 3. The summed E-state index contributed by atoms with van der Waals surface area (Å²) in [6, 6.07) is 15.9. The van der Waals surface area contributed by atoms with Crippen molar-refractivity contribution in [3.8, 4) is 11.3 Å². The van der Waals surface area contributed by atoms with E-state index in [0.717, 1.165) is 29.8 Å². The van der Waals surface area contributed by atoms with Gasteiger partial charge in [-0.2, -0.15) is 0 Å². The number of hydrogen-bond donors (Lipinski definition) is 2. The summed E-state index contributed by atoms with van der Waals surface area (Å²) in [4.78, 5) is 11.5. The molecule has 1 aliphatic carbocycles. The molecule has 0 unspecified atom stereocenters. The van der Waals surface area contributed by atoms with Crippen molar-refractivity contribution in [2.75, 3.05) is 20.1 Å². The van der Waals surface area contributed by atoms with Crippen molar-refractivity contribution in [1.29, 1.82) is 0 Å². The fourth-order valence-electron chi connectivity index (χ4n) is 3.80. The maximum absolute atomic E-state index is 4.44. The maximum Gasteiger partial charge on any atom is 0.191 e. The van der Waals surface area contributed by atoms with Gasteiger partial charge in [0, 0.05) is 50.5 Å². The van der Waals surface area contributed by atoms with Gasteiger partial charge in [-0.05, 0) is 49.4 Å². The first-order chi connectivity index (χ1) is 13.3. The van der Waals surface area contributed by atoms with E-state index in [-0.39, 0.29) is 0 Å². The molecule has 2 fully saturated rings. The van der Waals surface area contributed by atoms with E-state index in [0.29, 0.717) is 6.04 Å². The molecule has 27 heavy (non-hydrogen) atoms. The zero-order valence-corrected chi connectivity index (χ0v) is 16.1. The highest BCUT2D eigenvalue weighted by atomic mass is 15.2. The van der Waals surface area contributed by atoms with E-state index < -0.39 is 0 Å². The summed E-state index contributed by atoms with van der Waals surface area (Å²) in [7, 11) is 1.85. The topological polar surface area (TPSA) is 52.6 Å². The number of pyridine rings is 1. The molecule has 1 aromatic carbocycles. The van der Waals surface area contributed by atoms with Gasteiger partial charge in [0.25, 0.3) is 0 Å². The van der Waals surface area contributed by atoms with Gasteiger partial charge in [0.2, 0.25) is 0 Å². The van der Waals surface area contributed by atoms with Crippen LogP contribution in [-0.4, -0.2) is 48.1 Å². The molecule has 5 heteroatoms. The minimum absolute atomic E-state index is 0.519. The maximum atomic E-state index is 4.44. The Morgan fingerprint density at radius 2 is 1.96 bits per heavy atom. The number of likely N-dealkylation sites (tertiary alicyclic amines) is 1. The van der Waals surface area contributed by atoms with Gasteiger partial charge in [0.1, 0.15) is 0 Å². The third-order valence-corrected chi connectivity index (χ3v) is 5.50. The molecule has 2 N–H and O–H groups in total. The van der Waals surface area contributed by atoms with Crippen molar-refractivity contribution < 1.29 is 0 Å². The van der Waals surface area contributed by atoms with Gasteiger partial charge in [0.05, 0.1) is 5.69 Å².